The second-order valence-corrected chi connectivity index (χ2v) is 4.21. The Hall–Kier alpha value is -2.14. The molecule has 2 heterocycles. The van der Waals surface area contributed by atoms with Crippen LogP contribution in [0.25, 0.3) is 11.0 Å². The van der Waals surface area contributed by atoms with Gasteiger partial charge in [0.25, 0.3) is 0 Å². The normalized spacial score (nSPS) is 10.8. The third-order valence-corrected chi connectivity index (χ3v) is 2.73. The fourth-order valence-electron chi connectivity index (χ4n) is 1.75. The van der Waals surface area contributed by atoms with Crippen LogP contribution in [-0.4, -0.2) is 19.9 Å². The summed E-state index contributed by atoms with van der Waals surface area (Å²) >= 11 is 5.77. The monoisotopic (exact) mass is 260 g/mol. The largest absolute Gasteiger partial charge is 0.439 e. The molecule has 0 aliphatic heterocycles. The van der Waals surface area contributed by atoms with E-state index in [0.717, 1.165) is 16.6 Å². The summed E-state index contributed by atoms with van der Waals surface area (Å²) in [7, 11) is 0. The summed E-state index contributed by atoms with van der Waals surface area (Å²) in [6.45, 7) is 1.98. The van der Waals surface area contributed by atoms with Crippen LogP contribution < -0.4 is 4.74 Å². The lowest BCUT2D eigenvalue weighted by Gasteiger charge is -2.05. The SMILES string of the molecule is Cc1cc(Oc2cc(Cl)ncn2)cc2[nH]cnc12. The second-order valence-electron chi connectivity index (χ2n) is 3.82. The molecule has 1 aromatic carbocycles. The summed E-state index contributed by atoms with van der Waals surface area (Å²) in [6, 6.07) is 5.33. The number of fused-ring (bicyclic) bond motifs is 1. The predicted molar refractivity (Wildman–Crippen MR) is 67.9 cm³/mol. The second kappa shape index (κ2) is 4.27. The molecule has 0 spiro atoms. The first kappa shape index (κ1) is 11.0. The standard InChI is InChI=1S/C12H9ClN4O/c1-7-2-8(3-9-12(7)17-5-14-9)18-11-4-10(13)15-6-16-11/h2-6H,1H3,(H,14,17). The fraction of sp³-hybridized carbons (Fsp3) is 0.0833. The Morgan fingerprint density at radius 1 is 1.17 bits per heavy atom. The molecule has 6 heteroatoms. The lowest BCUT2D eigenvalue weighted by Crippen LogP contribution is -1.90. The van der Waals surface area contributed by atoms with Crippen LogP contribution in [0.15, 0.2) is 30.9 Å². The summed E-state index contributed by atoms with van der Waals surface area (Å²) in [5.74, 6) is 1.09. The number of H-pyrrole nitrogens is 1. The molecule has 0 fully saturated rings. The fourth-order valence-corrected chi connectivity index (χ4v) is 1.88. The van der Waals surface area contributed by atoms with Gasteiger partial charge in [-0.15, -0.1) is 0 Å². The van der Waals surface area contributed by atoms with Gasteiger partial charge in [-0.25, -0.2) is 15.0 Å². The average molecular weight is 261 g/mol. The Balaban J connectivity index is 1.99. The maximum atomic E-state index is 5.77. The van der Waals surface area contributed by atoms with Crippen LogP contribution in [0.1, 0.15) is 5.56 Å². The molecule has 5 nitrogen and oxygen atoms in total. The molecule has 0 unspecified atom stereocenters. The first-order valence-corrected chi connectivity index (χ1v) is 5.69. The molecule has 0 amide bonds. The molecule has 0 atom stereocenters. The highest BCUT2D eigenvalue weighted by atomic mass is 35.5. The summed E-state index contributed by atoms with van der Waals surface area (Å²) in [4.78, 5) is 15.1. The number of aromatic nitrogens is 4. The van der Waals surface area contributed by atoms with Crippen LogP contribution in [0.2, 0.25) is 5.15 Å². The minimum atomic E-state index is 0.347. The van der Waals surface area contributed by atoms with Gasteiger partial charge in [0, 0.05) is 12.1 Å². The number of aryl methyl sites for hydroxylation is 1. The zero-order valence-electron chi connectivity index (χ0n) is 9.51. The zero-order valence-corrected chi connectivity index (χ0v) is 10.3. The molecular formula is C12H9ClN4O. The molecule has 2 aromatic heterocycles. The number of imidazole rings is 1. The first-order chi connectivity index (χ1) is 8.72. The van der Waals surface area contributed by atoms with E-state index in [4.69, 9.17) is 16.3 Å². The van der Waals surface area contributed by atoms with E-state index >= 15 is 0 Å². The quantitative estimate of drug-likeness (QED) is 0.719. The van der Waals surface area contributed by atoms with Gasteiger partial charge in [-0.3, -0.25) is 0 Å². The Kier molecular flexibility index (Phi) is 2.60. The number of hydrogen-bond acceptors (Lipinski definition) is 4. The van der Waals surface area contributed by atoms with Crippen molar-refractivity contribution in [1.29, 1.82) is 0 Å². The molecular weight excluding hydrogens is 252 g/mol. The highest BCUT2D eigenvalue weighted by Gasteiger charge is 2.06. The Labute approximate surface area is 108 Å². The highest BCUT2D eigenvalue weighted by molar-refractivity contribution is 6.29. The van der Waals surface area contributed by atoms with Crippen LogP contribution in [0.3, 0.4) is 0 Å². The number of benzene rings is 1. The van der Waals surface area contributed by atoms with Crippen molar-refractivity contribution >= 4 is 22.6 Å². The summed E-state index contributed by atoms with van der Waals surface area (Å²) in [6.07, 6.45) is 3.02. The number of halogens is 1. The lowest BCUT2D eigenvalue weighted by molar-refractivity contribution is 0.462. The number of ether oxygens (including phenoxy) is 1. The van der Waals surface area contributed by atoms with Crippen molar-refractivity contribution in [2.45, 2.75) is 6.92 Å². The topological polar surface area (TPSA) is 63.7 Å². The number of nitrogens with zero attached hydrogens (tertiary/aromatic N) is 3. The van der Waals surface area contributed by atoms with E-state index in [0.29, 0.717) is 16.8 Å². The maximum Gasteiger partial charge on any atom is 0.223 e. The van der Waals surface area contributed by atoms with E-state index in [-0.39, 0.29) is 0 Å². The molecule has 0 aliphatic carbocycles. The molecule has 18 heavy (non-hydrogen) atoms. The van der Waals surface area contributed by atoms with Crippen molar-refractivity contribution in [3.8, 4) is 11.6 Å². The smallest absolute Gasteiger partial charge is 0.223 e. The lowest BCUT2D eigenvalue weighted by atomic mass is 10.2. The molecule has 0 saturated carbocycles. The Morgan fingerprint density at radius 3 is 2.89 bits per heavy atom. The summed E-state index contributed by atoms with van der Waals surface area (Å²) in [5, 5.41) is 0.347. The van der Waals surface area contributed by atoms with Gasteiger partial charge in [0.1, 0.15) is 17.2 Å². The minimum absolute atomic E-state index is 0.347. The van der Waals surface area contributed by atoms with E-state index in [1.807, 2.05) is 19.1 Å². The maximum absolute atomic E-state index is 5.77. The van der Waals surface area contributed by atoms with Crippen LogP contribution in [-0.2, 0) is 0 Å². The number of hydrogen-bond donors (Lipinski definition) is 1. The van der Waals surface area contributed by atoms with E-state index in [2.05, 4.69) is 19.9 Å². The third-order valence-electron chi connectivity index (χ3n) is 2.52. The van der Waals surface area contributed by atoms with E-state index in [1.54, 1.807) is 12.4 Å². The molecule has 0 aliphatic rings. The van der Waals surface area contributed by atoms with Gasteiger partial charge in [0.15, 0.2) is 0 Å². The van der Waals surface area contributed by atoms with Gasteiger partial charge >= 0.3 is 0 Å². The van der Waals surface area contributed by atoms with Gasteiger partial charge in [-0.1, -0.05) is 11.6 Å². The summed E-state index contributed by atoms with van der Waals surface area (Å²) < 4.78 is 5.63. The van der Waals surface area contributed by atoms with Crippen molar-refractivity contribution in [3.63, 3.8) is 0 Å². The van der Waals surface area contributed by atoms with Crippen molar-refractivity contribution in [2.75, 3.05) is 0 Å². The molecule has 90 valence electrons. The van der Waals surface area contributed by atoms with Crippen molar-refractivity contribution < 1.29 is 4.74 Å². The van der Waals surface area contributed by atoms with E-state index < -0.39 is 0 Å². The molecule has 0 saturated heterocycles. The van der Waals surface area contributed by atoms with Gasteiger partial charge in [-0.05, 0) is 18.6 Å². The van der Waals surface area contributed by atoms with Crippen LogP contribution >= 0.6 is 11.6 Å². The van der Waals surface area contributed by atoms with Gasteiger partial charge < -0.3 is 9.72 Å². The average Bonchev–Trinajstić information content (AvgIpc) is 2.77. The molecule has 0 radical (unpaired) electrons. The van der Waals surface area contributed by atoms with Crippen molar-refractivity contribution in [2.24, 2.45) is 0 Å². The highest BCUT2D eigenvalue weighted by Crippen LogP contribution is 2.26. The van der Waals surface area contributed by atoms with E-state index in [1.165, 1.54) is 6.33 Å². The number of aromatic amines is 1. The van der Waals surface area contributed by atoms with Gasteiger partial charge in [0.2, 0.25) is 5.88 Å². The number of rotatable bonds is 2. The third kappa shape index (κ3) is 2.00. The zero-order chi connectivity index (χ0) is 12.5. The molecule has 1 N–H and O–H groups in total. The minimum Gasteiger partial charge on any atom is -0.439 e. The Bertz CT molecular complexity index is 710. The van der Waals surface area contributed by atoms with Crippen LogP contribution in [0.5, 0.6) is 11.6 Å². The molecule has 3 rings (SSSR count). The first-order valence-electron chi connectivity index (χ1n) is 5.31. The predicted octanol–water partition coefficient (Wildman–Crippen LogP) is 3.11. The van der Waals surface area contributed by atoms with E-state index in [9.17, 15) is 0 Å². The number of nitrogens with one attached hydrogen (secondary N) is 1. The summed E-state index contributed by atoms with van der Waals surface area (Å²) in [5.41, 5.74) is 2.89. The molecule has 0 bridgehead atoms. The van der Waals surface area contributed by atoms with Gasteiger partial charge in [0.05, 0.1) is 17.4 Å². The molecule has 3 aromatic rings. The van der Waals surface area contributed by atoms with Crippen LogP contribution in [0, 0.1) is 6.92 Å². The Morgan fingerprint density at radius 2 is 2.06 bits per heavy atom. The van der Waals surface area contributed by atoms with Crippen molar-refractivity contribution in [1.82, 2.24) is 19.9 Å². The van der Waals surface area contributed by atoms with Gasteiger partial charge in [-0.2, -0.15) is 0 Å². The van der Waals surface area contributed by atoms with Crippen molar-refractivity contribution in [3.05, 3.63) is 41.6 Å². The van der Waals surface area contributed by atoms with Crippen LogP contribution in [0.4, 0.5) is 0 Å².